The fourth-order valence-electron chi connectivity index (χ4n) is 2.31. The summed E-state index contributed by atoms with van der Waals surface area (Å²) in [6, 6.07) is 6.49. The maximum absolute atomic E-state index is 4.61. The molecule has 3 nitrogen and oxygen atoms in total. The SMILES string of the molecule is Cc1ccc(NC2=NCCCCC2)cc1N(C)C. The van der Waals surface area contributed by atoms with E-state index in [2.05, 4.69) is 54.4 Å². The first kappa shape index (κ1) is 12.9. The number of hydrogen-bond donors (Lipinski definition) is 1. The van der Waals surface area contributed by atoms with Crippen LogP contribution in [0, 0.1) is 6.92 Å². The minimum Gasteiger partial charge on any atom is -0.377 e. The Bertz CT molecular complexity index is 435. The van der Waals surface area contributed by atoms with Gasteiger partial charge < -0.3 is 10.2 Å². The van der Waals surface area contributed by atoms with Crippen molar-refractivity contribution < 1.29 is 0 Å². The van der Waals surface area contributed by atoms with E-state index in [0.29, 0.717) is 0 Å². The Labute approximate surface area is 110 Å². The van der Waals surface area contributed by atoms with E-state index < -0.39 is 0 Å². The second-order valence-electron chi connectivity index (χ2n) is 5.16. The van der Waals surface area contributed by atoms with Crippen molar-refractivity contribution in [3.8, 4) is 0 Å². The van der Waals surface area contributed by atoms with Gasteiger partial charge in [0, 0.05) is 38.4 Å². The summed E-state index contributed by atoms with van der Waals surface area (Å²) < 4.78 is 0. The van der Waals surface area contributed by atoms with Gasteiger partial charge in [-0.15, -0.1) is 0 Å². The molecule has 1 heterocycles. The Balaban J connectivity index is 2.13. The summed E-state index contributed by atoms with van der Waals surface area (Å²) in [5, 5.41) is 3.47. The van der Waals surface area contributed by atoms with Gasteiger partial charge in [-0.25, -0.2) is 0 Å². The number of aryl methyl sites for hydroxylation is 1. The molecule has 0 saturated carbocycles. The lowest BCUT2D eigenvalue weighted by Gasteiger charge is -2.17. The summed E-state index contributed by atoms with van der Waals surface area (Å²) >= 11 is 0. The molecule has 0 saturated heterocycles. The lowest BCUT2D eigenvalue weighted by molar-refractivity contribution is 0.731. The van der Waals surface area contributed by atoms with Crippen LogP contribution in [0.5, 0.6) is 0 Å². The lowest BCUT2D eigenvalue weighted by atomic mass is 10.1. The second kappa shape index (κ2) is 5.89. The molecular weight excluding hydrogens is 222 g/mol. The van der Waals surface area contributed by atoms with Crippen LogP contribution in [0.15, 0.2) is 23.2 Å². The van der Waals surface area contributed by atoms with E-state index >= 15 is 0 Å². The van der Waals surface area contributed by atoms with E-state index in [0.717, 1.165) is 24.5 Å². The highest BCUT2D eigenvalue weighted by molar-refractivity contribution is 5.96. The molecule has 2 rings (SSSR count). The summed E-state index contributed by atoms with van der Waals surface area (Å²) in [6.07, 6.45) is 4.84. The molecule has 3 heteroatoms. The lowest BCUT2D eigenvalue weighted by Crippen LogP contribution is -2.14. The van der Waals surface area contributed by atoms with Crippen molar-refractivity contribution in [2.24, 2.45) is 4.99 Å². The molecule has 0 fully saturated rings. The summed E-state index contributed by atoms with van der Waals surface area (Å²) in [7, 11) is 4.16. The van der Waals surface area contributed by atoms with Gasteiger partial charge in [0.25, 0.3) is 0 Å². The van der Waals surface area contributed by atoms with Crippen molar-refractivity contribution in [2.45, 2.75) is 32.6 Å². The summed E-state index contributed by atoms with van der Waals surface area (Å²) in [4.78, 5) is 6.76. The number of nitrogens with one attached hydrogen (secondary N) is 1. The van der Waals surface area contributed by atoms with Gasteiger partial charge >= 0.3 is 0 Å². The van der Waals surface area contributed by atoms with Gasteiger partial charge in [0.2, 0.25) is 0 Å². The number of nitrogens with zero attached hydrogens (tertiary/aromatic N) is 2. The van der Waals surface area contributed by atoms with E-state index in [-0.39, 0.29) is 0 Å². The minimum atomic E-state index is 0.967. The molecule has 18 heavy (non-hydrogen) atoms. The maximum Gasteiger partial charge on any atom is 0.101 e. The molecule has 0 bridgehead atoms. The van der Waals surface area contributed by atoms with Crippen LogP contribution < -0.4 is 10.2 Å². The molecule has 1 N–H and O–H groups in total. The number of anilines is 2. The van der Waals surface area contributed by atoms with Crippen molar-refractivity contribution >= 4 is 17.2 Å². The molecule has 0 spiro atoms. The zero-order valence-corrected chi connectivity index (χ0v) is 11.7. The molecule has 1 aliphatic heterocycles. The Morgan fingerprint density at radius 1 is 1.17 bits per heavy atom. The van der Waals surface area contributed by atoms with Crippen LogP contribution in [-0.2, 0) is 0 Å². The van der Waals surface area contributed by atoms with Gasteiger partial charge in [-0.1, -0.05) is 12.5 Å². The average molecular weight is 245 g/mol. The van der Waals surface area contributed by atoms with Crippen molar-refractivity contribution in [3.63, 3.8) is 0 Å². The van der Waals surface area contributed by atoms with Gasteiger partial charge in [0.05, 0.1) is 0 Å². The average Bonchev–Trinajstić information content (AvgIpc) is 2.60. The third-order valence-corrected chi connectivity index (χ3v) is 3.35. The van der Waals surface area contributed by atoms with Crippen molar-refractivity contribution in [3.05, 3.63) is 23.8 Å². The summed E-state index contributed by atoms with van der Waals surface area (Å²) in [6.45, 7) is 3.11. The highest BCUT2D eigenvalue weighted by Gasteiger charge is 2.06. The number of aliphatic imine (C=N–C) groups is 1. The van der Waals surface area contributed by atoms with Crippen LogP contribution in [0.25, 0.3) is 0 Å². The van der Waals surface area contributed by atoms with E-state index in [9.17, 15) is 0 Å². The number of benzene rings is 1. The van der Waals surface area contributed by atoms with Crippen molar-refractivity contribution in [1.29, 1.82) is 0 Å². The van der Waals surface area contributed by atoms with E-state index in [4.69, 9.17) is 0 Å². The quantitative estimate of drug-likeness (QED) is 0.864. The molecular formula is C15H23N3. The summed E-state index contributed by atoms with van der Waals surface area (Å²) in [5.74, 6) is 1.14. The monoisotopic (exact) mass is 245 g/mol. The first-order valence-corrected chi connectivity index (χ1v) is 6.75. The van der Waals surface area contributed by atoms with Gasteiger partial charge in [0.15, 0.2) is 0 Å². The molecule has 98 valence electrons. The summed E-state index contributed by atoms with van der Waals surface area (Å²) in [5.41, 5.74) is 3.70. The van der Waals surface area contributed by atoms with E-state index in [1.165, 1.54) is 30.5 Å². The largest absolute Gasteiger partial charge is 0.377 e. The molecule has 0 amide bonds. The van der Waals surface area contributed by atoms with Gasteiger partial charge in [-0.2, -0.15) is 0 Å². The van der Waals surface area contributed by atoms with Crippen LogP contribution in [0.2, 0.25) is 0 Å². The highest BCUT2D eigenvalue weighted by Crippen LogP contribution is 2.23. The number of amidine groups is 1. The normalized spacial score (nSPS) is 15.8. The second-order valence-corrected chi connectivity index (χ2v) is 5.16. The molecule has 1 aromatic carbocycles. The van der Waals surface area contributed by atoms with Gasteiger partial charge in [0.1, 0.15) is 5.84 Å². The van der Waals surface area contributed by atoms with Gasteiger partial charge in [-0.05, 0) is 37.5 Å². The van der Waals surface area contributed by atoms with Crippen LogP contribution in [0.3, 0.4) is 0 Å². The molecule has 1 aromatic rings. The first-order chi connectivity index (χ1) is 8.66. The van der Waals surface area contributed by atoms with Crippen LogP contribution in [-0.4, -0.2) is 26.5 Å². The van der Waals surface area contributed by atoms with Crippen LogP contribution in [0.4, 0.5) is 11.4 Å². The first-order valence-electron chi connectivity index (χ1n) is 6.75. The smallest absolute Gasteiger partial charge is 0.101 e. The molecule has 0 radical (unpaired) electrons. The van der Waals surface area contributed by atoms with Gasteiger partial charge in [-0.3, -0.25) is 4.99 Å². The fourth-order valence-corrected chi connectivity index (χ4v) is 2.31. The zero-order valence-electron chi connectivity index (χ0n) is 11.7. The molecule has 0 aliphatic carbocycles. The Morgan fingerprint density at radius 2 is 2.00 bits per heavy atom. The standard InChI is InChI=1S/C15H23N3/c1-12-8-9-13(11-14(12)18(2)3)17-15-7-5-4-6-10-16-15/h8-9,11H,4-7,10H2,1-3H3,(H,16,17). The third kappa shape index (κ3) is 3.25. The fraction of sp³-hybridized carbons (Fsp3) is 0.533. The van der Waals surface area contributed by atoms with E-state index in [1.54, 1.807) is 0 Å². The zero-order chi connectivity index (χ0) is 13.0. The number of hydrogen-bond acceptors (Lipinski definition) is 3. The Hall–Kier alpha value is -1.51. The minimum absolute atomic E-state index is 0.967. The Kier molecular flexibility index (Phi) is 4.24. The highest BCUT2D eigenvalue weighted by atomic mass is 15.1. The van der Waals surface area contributed by atoms with Crippen molar-refractivity contribution in [1.82, 2.24) is 0 Å². The van der Waals surface area contributed by atoms with Crippen molar-refractivity contribution in [2.75, 3.05) is 30.9 Å². The molecule has 0 atom stereocenters. The number of rotatable bonds is 2. The maximum atomic E-state index is 4.61. The van der Waals surface area contributed by atoms with Crippen LogP contribution in [0.1, 0.15) is 31.2 Å². The topological polar surface area (TPSA) is 27.6 Å². The molecule has 0 aromatic heterocycles. The third-order valence-electron chi connectivity index (χ3n) is 3.35. The predicted octanol–water partition coefficient (Wildman–Crippen LogP) is 3.45. The predicted molar refractivity (Wildman–Crippen MR) is 79.9 cm³/mol. The Morgan fingerprint density at radius 3 is 2.78 bits per heavy atom. The van der Waals surface area contributed by atoms with E-state index in [1.807, 2.05) is 0 Å². The molecule has 0 unspecified atom stereocenters. The molecule has 1 aliphatic rings. The van der Waals surface area contributed by atoms with Crippen LogP contribution >= 0.6 is 0 Å².